The van der Waals surface area contributed by atoms with E-state index in [4.69, 9.17) is 23.2 Å². The van der Waals surface area contributed by atoms with Gasteiger partial charge >= 0.3 is 5.43 Å². The molecule has 1 aromatic rings. The van der Waals surface area contributed by atoms with E-state index >= 15 is 0 Å². The van der Waals surface area contributed by atoms with Gasteiger partial charge in [0.1, 0.15) is 5.82 Å². The molecule has 1 aromatic heterocycles. The first kappa shape index (κ1) is 10.2. The van der Waals surface area contributed by atoms with Crippen molar-refractivity contribution in [1.82, 2.24) is 9.97 Å². The number of rotatable bonds is 2. The minimum Gasteiger partial charge on any atom is -0.395 e. The maximum atomic E-state index is 10.4. The van der Waals surface area contributed by atoms with Gasteiger partial charge in [-0.15, -0.1) is 11.6 Å². The van der Waals surface area contributed by atoms with Crippen molar-refractivity contribution < 1.29 is 9.53 Å². The fraction of sp³-hybridized carbons (Fsp3) is 0.286. The van der Waals surface area contributed by atoms with Crippen LogP contribution in [0.5, 0.6) is 5.88 Å². The first-order chi connectivity index (χ1) is 6.11. The molecule has 0 fully saturated rings. The van der Waals surface area contributed by atoms with Crippen LogP contribution < -0.4 is 4.74 Å². The molecule has 4 nitrogen and oxygen atoms in total. The largest absolute Gasteiger partial charge is 0.410 e. The van der Waals surface area contributed by atoms with Crippen molar-refractivity contribution in [2.45, 2.75) is 12.8 Å². The predicted molar refractivity (Wildman–Crippen MR) is 48.2 cm³/mol. The molecule has 0 N–H and O–H groups in total. The monoisotopic (exact) mass is 220 g/mol. The number of ether oxygens (including phenoxy) is 1. The molecule has 0 saturated carbocycles. The first-order valence-corrected chi connectivity index (χ1v) is 4.31. The second-order valence-electron chi connectivity index (χ2n) is 2.24. The van der Waals surface area contributed by atoms with Gasteiger partial charge in [-0.1, -0.05) is 0 Å². The van der Waals surface area contributed by atoms with Crippen LogP contribution in [0.25, 0.3) is 0 Å². The molecule has 1 heterocycles. The number of alkyl halides is 1. The van der Waals surface area contributed by atoms with Gasteiger partial charge in [-0.3, -0.25) is 0 Å². The molecular weight excluding hydrogens is 215 g/mol. The Morgan fingerprint density at radius 3 is 2.85 bits per heavy atom. The highest BCUT2D eigenvalue weighted by Crippen LogP contribution is 2.11. The Hall–Kier alpha value is -0.870. The van der Waals surface area contributed by atoms with E-state index in [0.29, 0.717) is 11.5 Å². The summed E-state index contributed by atoms with van der Waals surface area (Å²) in [6.07, 6.45) is 0. The van der Waals surface area contributed by atoms with E-state index in [0.717, 1.165) is 0 Å². The number of aromatic nitrogens is 2. The normalized spacial score (nSPS) is 9.77. The third-order valence-electron chi connectivity index (χ3n) is 1.18. The molecule has 13 heavy (non-hydrogen) atoms. The third-order valence-corrected chi connectivity index (χ3v) is 1.50. The number of carbonyl (C=O) groups is 1. The summed E-state index contributed by atoms with van der Waals surface area (Å²) in [4.78, 5) is 18.2. The number of halogens is 2. The van der Waals surface area contributed by atoms with Gasteiger partial charge in [0.25, 0.3) is 0 Å². The van der Waals surface area contributed by atoms with Crippen LogP contribution in [-0.2, 0) is 5.88 Å². The molecule has 0 radical (unpaired) electrons. The molecule has 0 aliphatic rings. The van der Waals surface area contributed by atoms with Gasteiger partial charge in [0.15, 0.2) is 0 Å². The Kier molecular flexibility index (Phi) is 3.45. The SMILES string of the molecule is Cc1cc(OC(=O)Cl)nc(CCl)n1. The standard InChI is InChI=1S/C7H6Cl2N2O2/c1-4-2-6(13-7(9)12)11-5(3-8)10-4/h2H,3H2,1H3. The van der Waals surface area contributed by atoms with Crippen LogP contribution in [0.1, 0.15) is 11.5 Å². The Bertz CT molecular complexity index is 330. The van der Waals surface area contributed by atoms with E-state index in [9.17, 15) is 4.79 Å². The van der Waals surface area contributed by atoms with Crippen LogP contribution in [0.2, 0.25) is 0 Å². The molecule has 0 aromatic carbocycles. The molecule has 0 spiro atoms. The molecule has 1 rings (SSSR count). The van der Waals surface area contributed by atoms with Crippen molar-refractivity contribution in [3.05, 3.63) is 17.6 Å². The molecule has 6 heteroatoms. The number of hydrogen-bond acceptors (Lipinski definition) is 4. The van der Waals surface area contributed by atoms with E-state index in [1.807, 2.05) is 0 Å². The highest BCUT2D eigenvalue weighted by Gasteiger charge is 2.05. The van der Waals surface area contributed by atoms with Crippen molar-refractivity contribution in [3.63, 3.8) is 0 Å². The summed E-state index contributed by atoms with van der Waals surface area (Å²) in [6, 6.07) is 1.50. The molecule has 0 aliphatic carbocycles. The summed E-state index contributed by atoms with van der Waals surface area (Å²) >= 11 is 10.5. The molecule has 0 amide bonds. The molecule has 0 bridgehead atoms. The molecule has 70 valence electrons. The Balaban J connectivity index is 2.94. The Morgan fingerprint density at radius 2 is 2.31 bits per heavy atom. The lowest BCUT2D eigenvalue weighted by Crippen LogP contribution is -2.02. The van der Waals surface area contributed by atoms with Gasteiger partial charge in [-0.2, -0.15) is 4.98 Å². The zero-order valence-corrected chi connectivity index (χ0v) is 8.26. The minimum absolute atomic E-state index is 0.114. The first-order valence-electron chi connectivity index (χ1n) is 3.39. The highest BCUT2D eigenvalue weighted by atomic mass is 35.5. The molecule has 0 saturated heterocycles. The second kappa shape index (κ2) is 4.39. The molecular formula is C7H6Cl2N2O2. The van der Waals surface area contributed by atoms with Gasteiger partial charge in [-0.25, -0.2) is 9.78 Å². The maximum absolute atomic E-state index is 10.4. The van der Waals surface area contributed by atoms with E-state index in [2.05, 4.69) is 14.7 Å². The van der Waals surface area contributed by atoms with E-state index in [-0.39, 0.29) is 11.8 Å². The fourth-order valence-corrected chi connectivity index (χ4v) is 0.992. The zero-order chi connectivity index (χ0) is 9.84. The minimum atomic E-state index is -0.932. The van der Waals surface area contributed by atoms with E-state index in [1.54, 1.807) is 6.92 Å². The highest BCUT2D eigenvalue weighted by molar-refractivity contribution is 6.61. The lowest BCUT2D eigenvalue weighted by molar-refractivity contribution is 0.223. The van der Waals surface area contributed by atoms with Gasteiger partial charge < -0.3 is 4.74 Å². The van der Waals surface area contributed by atoms with Crippen LogP contribution in [0.15, 0.2) is 6.07 Å². The van der Waals surface area contributed by atoms with Gasteiger partial charge in [0, 0.05) is 23.4 Å². The number of nitrogens with zero attached hydrogens (tertiary/aromatic N) is 2. The van der Waals surface area contributed by atoms with Crippen LogP contribution in [-0.4, -0.2) is 15.4 Å². The summed E-state index contributed by atoms with van der Waals surface area (Å²) in [5, 5.41) is 0. The lowest BCUT2D eigenvalue weighted by atomic mass is 10.4. The Labute approximate surface area is 84.8 Å². The van der Waals surface area contributed by atoms with E-state index in [1.165, 1.54) is 6.07 Å². The molecule has 0 unspecified atom stereocenters. The van der Waals surface area contributed by atoms with Crippen molar-refractivity contribution in [3.8, 4) is 5.88 Å². The van der Waals surface area contributed by atoms with Crippen LogP contribution in [0.3, 0.4) is 0 Å². The zero-order valence-electron chi connectivity index (χ0n) is 6.75. The Morgan fingerprint density at radius 1 is 1.62 bits per heavy atom. The fourth-order valence-electron chi connectivity index (χ4n) is 0.793. The van der Waals surface area contributed by atoms with Crippen LogP contribution >= 0.6 is 23.2 Å². The summed E-state index contributed by atoms with van der Waals surface area (Å²) in [5.41, 5.74) is -0.266. The van der Waals surface area contributed by atoms with Crippen LogP contribution in [0, 0.1) is 6.92 Å². The van der Waals surface area contributed by atoms with Gasteiger partial charge in [0.2, 0.25) is 5.88 Å². The van der Waals surface area contributed by atoms with Gasteiger partial charge in [0.05, 0.1) is 5.88 Å². The second-order valence-corrected chi connectivity index (χ2v) is 2.81. The third kappa shape index (κ3) is 3.16. The molecule has 0 aliphatic heterocycles. The van der Waals surface area contributed by atoms with E-state index < -0.39 is 5.43 Å². The van der Waals surface area contributed by atoms with Crippen molar-refractivity contribution in [1.29, 1.82) is 0 Å². The summed E-state index contributed by atoms with van der Waals surface area (Å²) in [7, 11) is 0. The summed E-state index contributed by atoms with van der Waals surface area (Å²) in [6.45, 7) is 1.74. The smallest absolute Gasteiger partial charge is 0.395 e. The molecule has 0 atom stereocenters. The van der Waals surface area contributed by atoms with Crippen LogP contribution in [0.4, 0.5) is 4.79 Å². The van der Waals surface area contributed by atoms with Gasteiger partial charge in [-0.05, 0) is 6.92 Å². The predicted octanol–water partition coefficient (Wildman–Crippen LogP) is 2.26. The average Bonchev–Trinajstić information content (AvgIpc) is 2.01. The number of aryl methyl sites for hydroxylation is 1. The number of carbonyl (C=O) groups excluding carboxylic acids is 1. The summed E-state index contributed by atoms with van der Waals surface area (Å²) in [5.74, 6) is 0.673. The lowest BCUT2D eigenvalue weighted by Gasteiger charge is -2.01. The maximum Gasteiger partial charge on any atom is 0.410 e. The van der Waals surface area contributed by atoms with Crippen molar-refractivity contribution in [2.24, 2.45) is 0 Å². The quantitative estimate of drug-likeness (QED) is 0.567. The number of hydrogen-bond donors (Lipinski definition) is 0. The summed E-state index contributed by atoms with van der Waals surface area (Å²) < 4.78 is 4.55. The van der Waals surface area contributed by atoms with Crippen molar-refractivity contribution in [2.75, 3.05) is 0 Å². The average molecular weight is 221 g/mol. The topological polar surface area (TPSA) is 52.1 Å². The van der Waals surface area contributed by atoms with Crippen molar-refractivity contribution >= 4 is 28.6 Å².